The highest BCUT2D eigenvalue weighted by Gasteiger charge is 2.35. The number of nitrogens with one attached hydrogen (secondary N) is 1. The van der Waals surface area contributed by atoms with Crippen molar-refractivity contribution in [2.45, 2.75) is 31.7 Å². The molecule has 0 saturated heterocycles. The van der Waals surface area contributed by atoms with Gasteiger partial charge in [0.25, 0.3) is 0 Å². The third-order valence-electron chi connectivity index (χ3n) is 3.95. The first kappa shape index (κ1) is 11.5. The van der Waals surface area contributed by atoms with Crippen LogP contribution in [0.25, 0.3) is 10.9 Å². The normalized spacial score (nSPS) is 17.4. The Labute approximate surface area is 107 Å². The molecule has 0 amide bonds. The molecular formula is C15H19N3. The number of benzene rings is 1. The zero-order chi connectivity index (χ0) is 12.6. The van der Waals surface area contributed by atoms with Crippen LogP contribution < -0.4 is 11.1 Å². The van der Waals surface area contributed by atoms with Gasteiger partial charge in [-0.3, -0.25) is 4.98 Å². The average Bonchev–Trinajstić information content (AvgIpc) is 2.33. The average molecular weight is 241 g/mol. The molecule has 18 heavy (non-hydrogen) atoms. The SMILES string of the molecule is Cc1cc(NC2(CN)CCC2)c2ccccc2n1. The monoisotopic (exact) mass is 241 g/mol. The molecule has 0 spiro atoms. The first-order valence-electron chi connectivity index (χ1n) is 6.57. The Kier molecular flexibility index (Phi) is 2.71. The predicted octanol–water partition coefficient (Wildman–Crippen LogP) is 2.84. The summed E-state index contributed by atoms with van der Waals surface area (Å²) in [7, 11) is 0. The fraction of sp³-hybridized carbons (Fsp3) is 0.400. The molecule has 1 saturated carbocycles. The second-order valence-electron chi connectivity index (χ2n) is 5.29. The van der Waals surface area contributed by atoms with E-state index in [1.54, 1.807) is 0 Å². The molecule has 1 heterocycles. The number of anilines is 1. The Bertz CT molecular complexity index is 567. The van der Waals surface area contributed by atoms with E-state index in [4.69, 9.17) is 5.73 Å². The van der Waals surface area contributed by atoms with E-state index >= 15 is 0 Å². The number of rotatable bonds is 3. The Morgan fingerprint density at radius 3 is 2.78 bits per heavy atom. The van der Waals surface area contributed by atoms with E-state index in [1.807, 2.05) is 13.0 Å². The Morgan fingerprint density at radius 1 is 1.33 bits per heavy atom. The molecule has 3 N–H and O–H groups in total. The second-order valence-corrected chi connectivity index (χ2v) is 5.29. The van der Waals surface area contributed by atoms with Crippen LogP contribution in [0.3, 0.4) is 0 Å². The summed E-state index contributed by atoms with van der Waals surface area (Å²) >= 11 is 0. The topological polar surface area (TPSA) is 50.9 Å². The third-order valence-corrected chi connectivity index (χ3v) is 3.95. The van der Waals surface area contributed by atoms with Gasteiger partial charge in [0.05, 0.1) is 5.52 Å². The van der Waals surface area contributed by atoms with Crippen molar-refractivity contribution in [3.63, 3.8) is 0 Å². The van der Waals surface area contributed by atoms with Gasteiger partial charge in [0, 0.05) is 28.9 Å². The smallest absolute Gasteiger partial charge is 0.0725 e. The number of aromatic nitrogens is 1. The molecular weight excluding hydrogens is 222 g/mol. The van der Waals surface area contributed by atoms with Crippen molar-refractivity contribution in [2.75, 3.05) is 11.9 Å². The van der Waals surface area contributed by atoms with Crippen LogP contribution in [-0.4, -0.2) is 17.1 Å². The predicted molar refractivity (Wildman–Crippen MR) is 75.7 cm³/mol. The van der Waals surface area contributed by atoms with Crippen molar-refractivity contribution in [1.82, 2.24) is 4.98 Å². The van der Waals surface area contributed by atoms with Gasteiger partial charge in [0.2, 0.25) is 0 Å². The fourth-order valence-electron chi connectivity index (χ4n) is 2.68. The van der Waals surface area contributed by atoms with Gasteiger partial charge in [0.15, 0.2) is 0 Å². The van der Waals surface area contributed by atoms with E-state index in [9.17, 15) is 0 Å². The number of hydrogen-bond acceptors (Lipinski definition) is 3. The van der Waals surface area contributed by atoms with Crippen LogP contribution in [0, 0.1) is 6.92 Å². The lowest BCUT2D eigenvalue weighted by molar-refractivity contribution is 0.287. The summed E-state index contributed by atoms with van der Waals surface area (Å²) in [6.07, 6.45) is 3.60. The molecule has 1 fully saturated rings. The molecule has 1 aromatic heterocycles. The minimum atomic E-state index is 0.108. The molecule has 0 radical (unpaired) electrons. The first-order chi connectivity index (χ1) is 8.72. The number of para-hydroxylation sites is 1. The number of hydrogen-bond donors (Lipinski definition) is 2. The number of aryl methyl sites for hydroxylation is 1. The van der Waals surface area contributed by atoms with Crippen molar-refractivity contribution < 1.29 is 0 Å². The maximum absolute atomic E-state index is 5.92. The van der Waals surface area contributed by atoms with Crippen molar-refractivity contribution >= 4 is 16.6 Å². The Balaban J connectivity index is 2.05. The van der Waals surface area contributed by atoms with E-state index in [1.165, 1.54) is 30.3 Å². The van der Waals surface area contributed by atoms with Crippen LogP contribution in [0.15, 0.2) is 30.3 Å². The Hall–Kier alpha value is -1.61. The minimum absolute atomic E-state index is 0.108. The minimum Gasteiger partial charge on any atom is -0.378 e. The highest BCUT2D eigenvalue weighted by atomic mass is 15.0. The van der Waals surface area contributed by atoms with Crippen LogP contribution >= 0.6 is 0 Å². The van der Waals surface area contributed by atoms with E-state index in [-0.39, 0.29) is 5.54 Å². The molecule has 94 valence electrons. The summed E-state index contributed by atoms with van der Waals surface area (Å²) in [5.41, 5.74) is 9.29. The number of fused-ring (bicyclic) bond motifs is 1. The summed E-state index contributed by atoms with van der Waals surface area (Å²) in [6.45, 7) is 2.73. The Morgan fingerprint density at radius 2 is 2.11 bits per heavy atom. The third kappa shape index (κ3) is 1.85. The molecule has 1 aliphatic carbocycles. The molecule has 1 aliphatic rings. The molecule has 0 bridgehead atoms. The van der Waals surface area contributed by atoms with Crippen molar-refractivity contribution in [3.8, 4) is 0 Å². The van der Waals surface area contributed by atoms with Crippen LogP contribution in [0.4, 0.5) is 5.69 Å². The number of pyridine rings is 1. The summed E-state index contributed by atoms with van der Waals surface area (Å²) < 4.78 is 0. The van der Waals surface area contributed by atoms with E-state index in [0.29, 0.717) is 6.54 Å². The number of nitrogens with zero attached hydrogens (tertiary/aromatic N) is 1. The fourth-order valence-corrected chi connectivity index (χ4v) is 2.68. The second kappa shape index (κ2) is 4.25. The van der Waals surface area contributed by atoms with Crippen LogP contribution in [0.2, 0.25) is 0 Å². The molecule has 3 rings (SSSR count). The quantitative estimate of drug-likeness (QED) is 0.868. The zero-order valence-electron chi connectivity index (χ0n) is 10.7. The van der Waals surface area contributed by atoms with E-state index in [0.717, 1.165) is 11.2 Å². The highest BCUT2D eigenvalue weighted by molar-refractivity contribution is 5.91. The highest BCUT2D eigenvalue weighted by Crippen LogP contribution is 2.36. The van der Waals surface area contributed by atoms with Crippen molar-refractivity contribution in [2.24, 2.45) is 5.73 Å². The summed E-state index contributed by atoms with van der Waals surface area (Å²) in [5.74, 6) is 0. The summed E-state index contributed by atoms with van der Waals surface area (Å²) in [4.78, 5) is 4.56. The van der Waals surface area contributed by atoms with Gasteiger partial charge >= 0.3 is 0 Å². The van der Waals surface area contributed by atoms with Gasteiger partial charge in [0.1, 0.15) is 0 Å². The summed E-state index contributed by atoms with van der Waals surface area (Å²) in [6, 6.07) is 10.4. The molecule has 2 aromatic rings. The lowest BCUT2D eigenvalue weighted by Crippen LogP contribution is -2.51. The van der Waals surface area contributed by atoms with Gasteiger partial charge in [-0.05, 0) is 38.3 Å². The van der Waals surface area contributed by atoms with Crippen LogP contribution in [0.1, 0.15) is 25.0 Å². The van der Waals surface area contributed by atoms with E-state index in [2.05, 4.69) is 34.6 Å². The summed E-state index contributed by atoms with van der Waals surface area (Å²) in [5, 5.41) is 4.84. The lowest BCUT2D eigenvalue weighted by atomic mass is 9.76. The first-order valence-corrected chi connectivity index (χ1v) is 6.57. The van der Waals surface area contributed by atoms with Gasteiger partial charge < -0.3 is 11.1 Å². The van der Waals surface area contributed by atoms with E-state index < -0.39 is 0 Å². The van der Waals surface area contributed by atoms with Crippen LogP contribution in [0.5, 0.6) is 0 Å². The maximum atomic E-state index is 5.92. The molecule has 3 heteroatoms. The van der Waals surface area contributed by atoms with Gasteiger partial charge in [-0.25, -0.2) is 0 Å². The standard InChI is InChI=1S/C15H19N3/c1-11-9-14(18-15(10-16)7-4-8-15)12-5-2-3-6-13(12)17-11/h2-3,5-6,9H,4,7-8,10,16H2,1H3,(H,17,18). The van der Waals surface area contributed by atoms with Gasteiger partial charge in [-0.15, -0.1) is 0 Å². The van der Waals surface area contributed by atoms with Gasteiger partial charge in [-0.1, -0.05) is 18.2 Å². The molecule has 1 aromatic carbocycles. The molecule has 0 atom stereocenters. The number of nitrogens with two attached hydrogens (primary N) is 1. The molecule has 0 aliphatic heterocycles. The lowest BCUT2D eigenvalue weighted by Gasteiger charge is -2.42. The van der Waals surface area contributed by atoms with Crippen molar-refractivity contribution in [1.29, 1.82) is 0 Å². The largest absolute Gasteiger partial charge is 0.378 e. The molecule has 3 nitrogen and oxygen atoms in total. The van der Waals surface area contributed by atoms with Gasteiger partial charge in [-0.2, -0.15) is 0 Å². The molecule has 0 unspecified atom stereocenters. The van der Waals surface area contributed by atoms with Crippen LogP contribution in [-0.2, 0) is 0 Å². The zero-order valence-corrected chi connectivity index (χ0v) is 10.7. The van der Waals surface area contributed by atoms with Crippen molar-refractivity contribution in [3.05, 3.63) is 36.0 Å². The maximum Gasteiger partial charge on any atom is 0.0725 e.